The number of fused-ring (bicyclic) bond motifs is 1. The smallest absolute Gasteiger partial charge is 0.376 e. The largest absolute Gasteiger partial charge is 0.534 e. The molecule has 1 aliphatic heterocycles. The highest BCUT2D eigenvalue weighted by molar-refractivity contribution is 7.90. The Morgan fingerprint density at radius 2 is 1.62 bits per heavy atom. The van der Waals surface area contributed by atoms with Gasteiger partial charge in [0, 0.05) is 40.2 Å². The second-order valence-electron chi connectivity index (χ2n) is 8.82. The van der Waals surface area contributed by atoms with Gasteiger partial charge >= 0.3 is 31.2 Å². The van der Waals surface area contributed by atoms with Crippen LogP contribution in [0.2, 0.25) is 10.0 Å². The number of nitrogens with zero attached hydrogens (tertiary/aromatic N) is 3. The summed E-state index contributed by atoms with van der Waals surface area (Å²) in [5, 5.41) is 2.95. The lowest BCUT2D eigenvalue weighted by Crippen LogP contribution is -2.36. The number of alkyl halides is 6. The molecule has 1 aromatic carbocycles. The SMILES string of the molecule is O=C1C(Cc2c(Cl)cc(OS(=O)(=O)C(F)(F)F)cc2Cl)CCN1[C@@H]1CCCc2c1cnn2S(=O)(=O)C(F)(F)F. The summed E-state index contributed by atoms with van der Waals surface area (Å²) >= 11 is 12.2. The number of carbonyl (C=O) groups excluding carboxylic acids is 1. The van der Waals surface area contributed by atoms with Crippen molar-refractivity contribution in [2.45, 2.75) is 49.2 Å². The van der Waals surface area contributed by atoms with Gasteiger partial charge in [-0.1, -0.05) is 23.2 Å². The molecule has 0 radical (unpaired) electrons. The van der Waals surface area contributed by atoms with Crippen molar-refractivity contribution in [3.8, 4) is 5.75 Å². The van der Waals surface area contributed by atoms with Crippen LogP contribution in [0.5, 0.6) is 5.75 Å². The monoisotopic (exact) mass is 643 g/mol. The van der Waals surface area contributed by atoms with Crippen molar-refractivity contribution in [3.05, 3.63) is 45.2 Å². The Kier molecular flexibility index (Phi) is 7.62. The summed E-state index contributed by atoms with van der Waals surface area (Å²) < 4.78 is 127. The van der Waals surface area contributed by atoms with Crippen LogP contribution >= 0.6 is 23.2 Å². The van der Waals surface area contributed by atoms with Crippen molar-refractivity contribution in [1.29, 1.82) is 0 Å². The molecular weight excluding hydrogens is 627 g/mol. The van der Waals surface area contributed by atoms with Gasteiger partial charge in [0.05, 0.1) is 17.9 Å². The molecule has 1 saturated heterocycles. The summed E-state index contributed by atoms with van der Waals surface area (Å²) in [5.41, 5.74) is -11.1. The van der Waals surface area contributed by atoms with Crippen LogP contribution in [-0.4, -0.2) is 54.4 Å². The van der Waals surface area contributed by atoms with E-state index in [1.54, 1.807) is 0 Å². The third-order valence-corrected chi connectivity index (χ3v) is 9.43. The predicted molar refractivity (Wildman–Crippen MR) is 124 cm³/mol. The lowest BCUT2D eigenvalue weighted by molar-refractivity contribution is -0.133. The van der Waals surface area contributed by atoms with Crippen LogP contribution in [0.25, 0.3) is 0 Å². The Morgan fingerprint density at radius 1 is 1.00 bits per heavy atom. The molecule has 1 aliphatic carbocycles. The van der Waals surface area contributed by atoms with Gasteiger partial charge in [-0.25, -0.2) is 0 Å². The summed E-state index contributed by atoms with van der Waals surface area (Å²) in [6.45, 7) is 0.172. The van der Waals surface area contributed by atoms with Crippen LogP contribution in [-0.2, 0) is 37.8 Å². The van der Waals surface area contributed by atoms with Gasteiger partial charge in [-0.2, -0.15) is 52.4 Å². The maximum absolute atomic E-state index is 13.3. The number of hydrogen-bond donors (Lipinski definition) is 0. The van der Waals surface area contributed by atoms with E-state index in [0.717, 1.165) is 18.3 Å². The first-order chi connectivity index (χ1) is 17.8. The van der Waals surface area contributed by atoms with Gasteiger partial charge in [0.2, 0.25) is 5.91 Å². The molecule has 19 heteroatoms. The second kappa shape index (κ2) is 9.99. The van der Waals surface area contributed by atoms with Crippen LogP contribution in [0.1, 0.15) is 42.1 Å². The van der Waals surface area contributed by atoms with E-state index >= 15 is 0 Å². The first kappa shape index (κ1) is 29.7. The van der Waals surface area contributed by atoms with E-state index in [1.165, 1.54) is 4.90 Å². The molecule has 2 heterocycles. The average Bonchev–Trinajstić information content (AvgIpc) is 3.38. The van der Waals surface area contributed by atoms with Crippen LogP contribution < -0.4 is 4.18 Å². The average molecular weight is 644 g/mol. The molecule has 2 atom stereocenters. The molecule has 216 valence electrons. The van der Waals surface area contributed by atoms with Crippen molar-refractivity contribution < 1.29 is 52.2 Å². The first-order valence-electron chi connectivity index (χ1n) is 11.0. The molecule has 9 nitrogen and oxygen atoms in total. The molecule has 1 aromatic heterocycles. The van der Waals surface area contributed by atoms with Crippen molar-refractivity contribution in [1.82, 2.24) is 14.1 Å². The van der Waals surface area contributed by atoms with Crippen molar-refractivity contribution in [2.75, 3.05) is 6.54 Å². The lowest BCUT2D eigenvalue weighted by atomic mass is 9.92. The summed E-state index contributed by atoms with van der Waals surface area (Å²) in [6.07, 6.45) is 1.84. The van der Waals surface area contributed by atoms with Gasteiger partial charge in [0.15, 0.2) is 0 Å². The molecule has 1 amide bonds. The Bertz CT molecular complexity index is 1500. The van der Waals surface area contributed by atoms with E-state index < -0.39 is 54.8 Å². The molecule has 0 spiro atoms. The van der Waals surface area contributed by atoms with Gasteiger partial charge in [0.25, 0.3) is 0 Å². The maximum Gasteiger partial charge on any atom is 0.534 e. The molecule has 0 bridgehead atoms. The Morgan fingerprint density at radius 3 is 2.18 bits per heavy atom. The molecule has 39 heavy (non-hydrogen) atoms. The molecule has 0 saturated carbocycles. The van der Waals surface area contributed by atoms with E-state index in [2.05, 4.69) is 9.28 Å². The van der Waals surface area contributed by atoms with E-state index in [-0.39, 0.29) is 56.8 Å². The number of amides is 1. The van der Waals surface area contributed by atoms with Crippen LogP contribution in [0.15, 0.2) is 18.3 Å². The summed E-state index contributed by atoms with van der Waals surface area (Å²) in [5.74, 6) is -1.94. The predicted octanol–water partition coefficient (Wildman–Crippen LogP) is 4.58. The number of carbonyl (C=O) groups is 1. The van der Waals surface area contributed by atoms with E-state index in [9.17, 15) is 48.0 Å². The molecule has 2 aromatic rings. The van der Waals surface area contributed by atoms with E-state index in [4.69, 9.17) is 23.2 Å². The number of likely N-dealkylation sites (tertiary alicyclic amines) is 1. The third kappa shape index (κ3) is 5.41. The number of aromatic nitrogens is 2. The minimum atomic E-state index is -5.97. The zero-order chi connectivity index (χ0) is 29.1. The first-order valence-corrected chi connectivity index (χ1v) is 14.6. The quantitative estimate of drug-likeness (QED) is 0.257. The van der Waals surface area contributed by atoms with Gasteiger partial charge < -0.3 is 9.08 Å². The molecule has 1 unspecified atom stereocenters. The second-order valence-corrected chi connectivity index (χ2v) is 12.9. The van der Waals surface area contributed by atoms with Gasteiger partial charge in [0.1, 0.15) is 5.75 Å². The van der Waals surface area contributed by atoms with Crippen LogP contribution in [0.4, 0.5) is 26.3 Å². The van der Waals surface area contributed by atoms with Gasteiger partial charge in [-0.05, 0) is 37.7 Å². The third-order valence-electron chi connectivity index (χ3n) is 6.42. The van der Waals surface area contributed by atoms with E-state index in [1.807, 2.05) is 0 Å². The van der Waals surface area contributed by atoms with Crippen LogP contribution in [0.3, 0.4) is 0 Å². The topological polar surface area (TPSA) is 116 Å². The standard InChI is InChI=1S/C20H17Cl2F6N3O6S2/c21-14-7-11(37-39(35,36)20(26,27)28)8-15(22)12(14)6-10-4-5-30(18(10)32)16-2-1-3-17-13(16)9-29-31(17)38(33,34)19(23,24)25/h7-10,16H,1-6H2/t10?,16-/m1/s1. The van der Waals surface area contributed by atoms with Crippen LogP contribution in [0, 0.1) is 5.92 Å². The van der Waals surface area contributed by atoms with Gasteiger partial charge in [-0.3, -0.25) is 4.79 Å². The summed E-state index contributed by atoms with van der Waals surface area (Å²) in [4.78, 5) is 14.7. The summed E-state index contributed by atoms with van der Waals surface area (Å²) in [7, 11) is -11.7. The minimum absolute atomic E-state index is 0.0102. The fraction of sp³-hybridized carbons (Fsp3) is 0.500. The van der Waals surface area contributed by atoms with Gasteiger partial charge in [-0.15, -0.1) is 0 Å². The molecule has 4 rings (SSSR count). The number of halogens is 8. The fourth-order valence-electron chi connectivity index (χ4n) is 4.64. The maximum atomic E-state index is 13.3. The molecular formula is C20H17Cl2F6N3O6S2. The van der Waals surface area contributed by atoms with E-state index in [0.29, 0.717) is 12.8 Å². The highest BCUT2D eigenvalue weighted by Crippen LogP contribution is 2.41. The zero-order valence-corrected chi connectivity index (χ0v) is 22.4. The summed E-state index contributed by atoms with van der Waals surface area (Å²) in [6, 6.07) is 0.899. The molecule has 1 fully saturated rings. The lowest BCUT2D eigenvalue weighted by Gasteiger charge is -2.31. The Hall–Kier alpha value is -2.24. The normalized spacial score (nSPS) is 20.8. The Labute approximate surface area is 227 Å². The number of rotatable bonds is 6. The highest BCUT2D eigenvalue weighted by atomic mass is 35.5. The van der Waals surface area contributed by atoms with Crippen molar-refractivity contribution in [2.24, 2.45) is 5.92 Å². The molecule has 0 N–H and O–H groups in total. The minimum Gasteiger partial charge on any atom is -0.376 e. The molecule has 2 aliphatic rings. The van der Waals surface area contributed by atoms with Crippen molar-refractivity contribution >= 4 is 49.3 Å². The fourth-order valence-corrected chi connectivity index (χ4v) is 6.56. The zero-order valence-electron chi connectivity index (χ0n) is 19.3. The highest BCUT2D eigenvalue weighted by Gasteiger charge is 2.51. The van der Waals surface area contributed by atoms with Crippen molar-refractivity contribution in [3.63, 3.8) is 0 Å². The Balaban J connectivity index is 1.54. The number of hydrogen-bond acceptors (Lipinski definition) is 7. The number of benzene rings is 1.